The van der Waals surface area contributed by atoms with E-state index in [0.717, 1.165) is 12.1 Å². The summed E-state index contributed by atoms with van der Waals surface area (Å²) in [5.74, 6) is -0.658. The quantitative estimate of drug-likeness (QED) is 0.629. The summed E-state index contributed by atoms with van der Waals surface area (Å²) in [4.78, 5) is 11.2. The highest BCUT2D eigenvalue weighted by molar-refractivity contribution is 6.68. The van der Waals surface area contributed by atoms with Crippen LogP contribution in [0.2, 0.25) is 0 Å². The van der Waals surface area contributed by atoms with Gasteiger partial charge in [0, 0.05) is 0 Å². The highest BCUT2D eigenvalue weighted by Gasteiger charge is 2.34. The van der Waals surface area contributed by atoms with Crippen molar-refractivity contribution in [2.75, 3.05) is 13.2 Å². The molecule has 0 spiro atoms. The SMILES string of the molecule is O=C(Cl)c1cc(B2OCCO2)ccc1OC(F)(F)F. The lowest BCUT2D eigenvalue weighted by atomic mass is 9.78. The molecule has 0 aliphatic carbocycles. The molecule has 1 saturated heterocycles. The average Bonchev–Trinajstić information content (AvgIpc) is 2.80. The second-order valence-corrected chi connectivity index (χ2v) is 3.99. The van der Waals surface area contributed by atoms with Crippen molar-refractivity contribution in [2.45, 2.75) is 6.36 Å². The molecule has 1 aliphatic rings. The maximum atomic E-state index is 12.2. The first-order valence-corrected chi connectivity index (χ1v) is 5.57. The molecule has 9 heteroatoms. The molecule has 0 radical (unpaired) electrons. The lowest BCUT2D eigenvalue weighted by Gasteiger charge is -2.13. The minimum atomic E-state index is -4.90. The summed E-state index contributed by atoms with van der Waals surface area (Å²) < 4.78 is 50.6. The number of hydrogen-bond acceptors (Lipinski definition) is 4. The molecule has 1 aliphatic heterocycles. The maximum absolute atomic E-state index is 12.2. The van der Waals surface area contributed by atoms with Crippen LogP contribution in [-0.2, 0) is 9.31 Å². The minimum absolute atomic E-state index is 0.371. The Labute approximate surface area is 111 Å². The molecule has 0 aromatic heterocycles. The van der Waals surface area contributed by atoms with Crippen LogP contribution in [0.15, 0.2) is 18.2 Å². The summed E-state index contributed by atoms with van der Waals surface area (Å²) in [5.41, 5.74) is 0.00613. The van der Waals surface area contributed by atoms with Gasteiger partial charge in [-0.3, -0.25) is 4.79 Å². The molecule has 1 fully saturated rings. The van der Waals surface area contributed by atoms with Gasteiger partial charge in [-0.15, -0.1) is 13.2 Å². The fourth-order valence-corrected chi connectivity index (χ4v) is 1.76. The van der Waals surface area contributed by atoms with Gasteiger partial charge in [0.1, 0.15) is 5.75 Å². The Hall–Kier alpha value is -1.25. The third-order valence-corrected chi connectivity index (χ3v) is 2.54. The van der Waals surface area contributed by atoms with E-state index in [4.69, 9.17) is 20.9 Å². The summed E-state index contributed by atoms with van der Waals surface area (Å²) in [6, 6.07) is 3.48. The lowest BCUT2D eigenvalue weighted by molar-refractivity contribution is -0.274. The Morgan fingerprint density at radius 2 is 1.95 bits per heavy atom. The molecule has 102 valence electrons. The topological polar surface area (TPSA) is 44.8 Å². The molecule has 0 bridgehead atoms. The minimum Gasteiger partial charge on any atom is -0.405 e. The third-order valence-electron chi connectivity index (χ3n) is 2.34. The van der Waals surface area contributed by atoms with Gasteiger partial charge in [-0.05, 0) is 29.2 Å². The first kappa shape index (κ1) is 14.2. The second kappa shape index (κ2) is 5.40. The smallest absolute Gasteiger partial charge is 0.405 e. The van der Waals surface area contributed by atoms with E-state index in [-0.39, 0.29) is 0 Å². The van der Waals surface area contributed by atoms with Crippen LogP contribution in [0.25, 0.3) is 0 Å². The van der Waals surface area contributed by atoms with Crippen LogP contribution in [0.3, 0.4) is 0 Å². The standard InChI is InChI=1S/C10H7BClF3O4/c12-9(16)7-5-6(11-17-3-4-18-11)1-2-8(7)19-10(13,14)15/h1-2,5H,3-4H2. The normalized spacial score (nSPS) is 15.7. The van der Waals surface area contributed by atoms with Crippen LogP contribution in [0, 0.1) is 0 Å². The fourth-order valence-electron chi connectivity index (χ4n) is 1.61. The predicted octanol–water partition coefficient (Wildman–Crippen LogP) is 1.71. The van der Waals surface area contributed by atoms with Gasteiger partial charge in [0.2, 0.25) is 0 Å². The van der Waals surface area contributed by atoms with E-state index in [2.05, 4.69) is 4.74 Å². The van der Waals surface area contributed by atoms with Crippen molar-refractivity contribution in [1.29, 1.82) is 0 Å². The van der Waals surface area contributed by atoms with E-state index in [1.54, 1.807) is 0 Å². The van der Waals surface area contributed by atoms with Gasteiger partial charge < -0.3 is 14.0 Å². The molecule has 0 N–H and O–H groups in total. The number of ether oxygens (including phenoxy) is 1. The van der Waals surface area contributed by atoms with E-state index >= 15 is 0 Å². The summed E-state index contributed by atoms with van der Waals surface area (Å²) in [7, 11) is -0.713. The highest BCUT2D eigenvalue weighted by Crippen LogP contribution is 2.27. The van der Waals surface area contributed by atoms with Crippen molar-refractivity contribution >= 4 is 29.4 Å². The molecule has 1 aromatic carbocycles. The maximum Gasteiger partial charge on any atom is 0.573 e. The molecule has 4 nitrogen and oxygen atoms in total. The Morgan fingerprint density at radius 3 is 2.47 bits per heavy atom. The van der Waals surface area contributed by atoms with Crippen molar-refractivity contribution in [3.8, 4) is 5.75 Å². The Balaban J connectivity index is 2.32. The van der Waals surface area contributed by atoms with Crippen molar-refractivity contribution in [3.63, 3.8) is 0 Å². The molecule has 19 heavy (non-hydrogen) atoms. The molecule has 0 unspecified atom stereocenters. The van der Waals surface area contributed by atoms with Gasteiger partial charge in [-0.1, -0.05) is 6.07 Å². The van der Waals surface area contributed by atoms with Crippen molar-refractivity contribution < 1.29 is 32.0 Å². The summed E-state index contributed by atoms with van der Waals surface area (Å²) in [5, 5.41) is -1.06. The number of alkyl halides is 3. The largest absolute Gasteiger partial charge is 0.573 e. The summed E-state index contributed by atoms with van der Waals surface area (Å²) in [6.45, 7) is 0.741. The van der Waals surface area contributed by atoms with E-state index in [0.29, 0.717) is 18.7 Å². The summed E-state index contributed by atoms with van der Waals surface area (Å²) >= 11 is 5.25. The van der Waals surface area contributed by atoms with E-state index in [1.165, 1.54) is 6.07 Å². The number of halogens is 4. The van der Waals surface area contributed by atoms with Gasteiger partial charge in [-0.2, -0.15) is 0 Å². The van der Waals surface area contributed by atoms with Crippen molar-refractivity contribution in [1.82, 2.24) is 0 Å². The number of carbonyl (C=O) groups is 1. The first-order valence-electron chi connectivity index (χ1n) is 5.19. The van der Waals surface area contributed by atoms with Gasteiger partial charge in [0.25, 0.3) is 5.24 Å². The van der Waals surface area contributed by atoms with Gasteiger partial charge in [-0.25, -0.2) is 0 Å². The van der Waals surface area contributed by atoms with Crippen LogP contribution in [0.1, 0.15) is 10.4 Å². The molecule has 0 amide bonds. The van der Waals surface area contributed by atoms with E-state index < -0.39 is 30.0 Å². The number of rotatable bonds is 3. The average molecular weight is 294 g/mol. The molecular weight excluding hydrogens is 287 g/mol. The third kappa shape index (κ3) is 3.62. The van der Waals surface area contributed by atoms with Crippen LogP contribution >= 0.6 is 11.6 Å². The number of hydrogen-bond donors (Lipinski definition) is 0. The Morgan fingerprint density at radius 1 is 1.32 bits per heavy atom. The monoisotopic (exact) mass is 294 g/mol. The Kier molecular flexibility index (Phi) is 4.03. The molecule has 2 rings (SSSR count). The van der Waals surface area contributed by atoms with E-state index in [9.17, 15) is 18.0 Å². The predicted molar refractivity (Wildman–Crippen MR) is 60.6 cm³/mol. The highest BCUT2D eigenvalue weighted by atomic mass is 35.5. The number of benzene rings is 1. The first-order chi connectivity index (χ1) is 8.87. The van der Waals surface area contributed by atoms with Crippen LogP contribution in [-0.4, -0.2) is 31.9 Å². The van der Waals surface area contributed by atoms with Crippen molar-refractivity contribution in [3.05, 3.63) is 23.8 Å². The van der Waals surface area contributed by atoms with Crippen LogP contribution in [0.5, 0.6) is 5.75 Å². The van der Waals surface area contributed by atoms with Crippen molar-refractivity contribution in [2.24, 2.45) is 0 Å². The molecule has 1 aromatic rings. The van der Waals surface area contributed by atoms with Crippen LogP contribution < -0.4 is 10.2 Å². The second-order valence-electron chi connectivity index (χ2n) is 3.65. The van der Waals surface area contributed by atoms with Gasteiger partial charge in [0.15, 0.2) is 0 Å². The van der Waals surface area contributed by atoms with E-state index in [1.807, 2.05) is 0 Å². The number of carbonyl (C=O) groups excluding carboxylic acids is 1. The zero-order valence-corrected chi connectivity index (χ0v) is 10.1. The molecular formula is C10H7BClF3O4. The Bertz CT molecular complexity index is 488. The summed E-state index contributed by atoms with van der Waals surface area (Å²) in [6.07, 6.45) is -4.90. The van der Waals surface area contributed by atoms with Gasteiger partial charge >= 0.3 is 13.5 Å². The zero-order chi connectivity index (χ0) is 14.0. The van der Waals surface area contributed by atoms with Gasteiger partial charge in [0.05, 0.1) is 18.8 Å². The zero-order valence-electron chi connectivity index (χ0n) is 9.37. The molecule has 0 saturated carbocycles. The molecule has 1 heterocycles. The lowest BCUT2D eigenvalue weighted by Crippen LogP contribution is -2.32. The molecule has 0 atom stereocenters. The van der Waals surface area contributed by atoms with Crippen LogP contribution in [0.4, 0.5) is 13.2 Å². The fraction of sp³-hybridized carbons (Fsp3) is 0.300.